The van der Waals surface area contributed by atoms with E-state index in [-0.39, 0.29) is 35.0 Å². The van der Waals surface area contributed by atoms with Crippen molar-refractivity contribution in [3.05, 3.63) is 94.0 Å². The van der Waals surface area contributed by atoms with Crippen molar-refractivity contribution in [3.63, 3.8) is 0 Å². The second-order valence-electron chi connectivity index (χ2n) is 5.85. The number of aromatic carboxylic acids is 1. The number of hydrogen-bond acceptors (Lipinski definition) is 4. The minimum atomic E-state index is -0.999. The van der Waals surface area contributed by atoms with Gasteiger partial charge in [0, 0.05) is 16.3 Å². The van der Waals surface area contributed by atoms with Crippen molar-refractivity contribution in [2.24, 2.45) is 0 Å². The van der Waals surface area contributed by atoms with Gasteiger partial charge in [0.1, 0.15) is 12.4 Å². The second kappa shape index (κ2) is 7.93. The van der Waals surface area contributed by atoms with Gasteiger partial charge in [-0.05, 0) is 29.8 Å². The Bertz CT molecular complexity index is 985. The number of ketones is 1. The third kappa shape index (κ3) is 4.27. The number of anilines is 1. The fourth-order valence-electron chi connectivity index (χ4n) is 2.60. The van der Waals surface area contributed by atoms with Gasteiger partial charge in [0.25, 0.3) is 0 Å². The summed E-state index contributed by atoms with van der Waals surface area (Å²) in [5.41, 5.74) is 7.93. The fourth-order valence-corrected chi connectivity index (χ4v) is 2.81. The molecule has 0 aliphatic carbocycles. The number of carboxylic acid groups (broad SMARTS) is 1. The first kappa shape index (κ1) is 18.5. The van der Waals surface area contributed by atoms with E-state index in [4.69, 9.17) is 27.2 Å². The Morgan fingerprint density at radius 3 is 2.26 bits per heavy atom. The van der Waals surface area contributed by atoms with E-state index in [1.807, 2.05) is 6.07 Å². The summed E-state index contributed by atoms with van der Waals surface area (Å²) < 4.78 is 5.80. The Hall–Kier alpha value is -3.31. The van der Waals surface area contributed by atoms with Crippen molar-refractivity contribution in [2.75, 3.05) is 5.73 Å². The zero-order valence-electron chi connectivity index (χ0n) is 14.2. The lowest BCUT2D eigenvalue weighted by Crippen LogP contribution is -2.09. The summed E-state index contributed by atoms with van der Waals surface area (Å²) >= 11 is 6.07. The van der Waals surface area contributed by atoms with Crippen LogP contribution in [0.4, 0.5) is 5.69 Å². The fraction of sp³-hybridized carbons (Fsp3) is 0.0476. The van der Waals surface area contributed by atoms with E-state index in [1.54, 1.807) is 42.5 Å². The molecule has 6 heteroatoms. The summed E-state index contributed by atoms with van der Waals surface area (Å²) in [5.74, 6) is -0.988. The maximum atomic E-state index is 12.9. The van der Waals surface area contributed by atoms with Gasteiger partial charge in [-0.15, -0.1) is 0 Å². The maximum Gasteiger partial charge on any atom is 0.335 e. The summed E-state index contributed by atoms with van der Waals surface area (Å²) in [6.45, 7) is 0.134. The van der Waals surface area contributed by atoms with Crippen LogP contribution >= 0.6 is 11.6 Å². The molecule has 27 heavy (non-hydrogen) atoms. The van der Waals surface area contributed by atoms with Crippen molar-refractivity contribution in [1.29, 1.82) is 0 Å². The van der Waals surface area contributed by atoms with Crippen molar-refractivity contribution in [2.45, 2.75) is 6.61 Å². The molecule has 5 nitrogen and oxygen atoms in total. The predicted molar refractivity (Wildman–Crippen MR) is 103 cm³/mol. The molecule has 3 aromatic rings. The molecule has 0 aliphatic rings. The van der Waals surface area contributed by atoms with E-state index < -0.39 is 5.97 Å². The smallest absolute Gasteiger partial charge is 0.335 e. The van der Waals surface area contributed by atoms with Gasteiger partial charge in [-0.25, -0.2) is 4.79 Å². The molecular weight excluding hydrogens is 366 g/mol. The van der Waals surface area contributed by atoms with Gasteiger partial charge in [-0.2, -0.15) is 0 Å². The molecule has 3 N–H and O–H groups in total. The molecular formula is C21H16ClNO4. The molecule has 136 valence electrons. The topological polar surface area (TPSA) is 89.6 Å². The molecule has 0 unspecified atom stereocenters. The van der Waals surface area contributed by atoms with E-state index >= 15 is 0 Å². The average Bonchev–Trinajstić information content (AvgIpc) is 2.66. The van der Waals surface area contributed by atoms with Crippen molar-refractivity contribution in [1.82, 2.24) is 0 Å². The normalized spacial score (nSPS) is 10.4. The van der Waals surface area contributed by atoms with E-state index in [1.165, 1.54) is 18.2 Å². The van der Waals surface area contributed by atoms with Crippen LogP contribution in [0.15, 0.2) is 66.7 Å². The number of halogens is 1. The summed E-state index contributed by atoms with van der Waals surface area (Å²) in [5, 5.41) is 9.31. The van der Waals surface area contributed by atoms with Gasteiger partial charge in [0.2, 0.25) is 0 Å². The molecule has 0 bridgehead atoms. The highest BCUT2D eigenvalue weighted by Gasteiger charge is 2.19. The molecule has 0 aromatic heterocycles. The first-order valence-electron chi connectivity index (χ1n) is 8.09. The van der Waals surface area contributed by atoms with Crippen LogP contribution in [0.2, 0.25) is 5.02 Å². The first-order chi connectivity index (χ1) is 13.0. The van der Waals surface area contributed by atoms with E-state index in [0.717, 1.165) is 5.56 Å². The number of hydrogen-bond donors (Lipinski definition) is 2. The van der Waals surface area contributed by atoms with Crippen LogP contribution in [-0.2, 0) is 6.61 Å². The quantitative estimate of drug-likeness (QED) is 0.487. The number of nitrogen functional groups attached to an aromatic ring is 1. The number of carbonyl (C=O) groups is 2. The van der Waals surface area contributed by atoms with Gasteiger partial charge in [0.15, 0.2) is 5.78 Å². The van der Waals surface area contributed by atoms with Crippen LogP contribution < -0.4 is 10.5 Å². The molecule has 0 heterocycles. The number of ether oxygens (including phenoxy) is 1. The zero-order valence-corrected chi connectivity index (χ0v) is 14.9. The lowest BCUT2D eigenvalue weighted by molar-refractivity contribution is 0.0696. The summed E-state index contributed by atoms with van der Waals surface area (Å²) in [6.07, 6.45) is 0. The standard InChI is InChI=1S/C21H16ClNO4/c22-16-10-17(23)19(20(24)14-4-2-1-3-5-14)18(11-16)27-12-13-6-8-15(9-7-13)21(25)26/h1-11H,12,23H2,(H,25,26). The van der Waals surface area contributed by atoms with Gasteiger partial charge in [-0.1, -0.05) is 54.1 Å². The molecule has 0 atom stereocenters. The van der Waals surface area contributed by atoms with Gasteiger partial charge >= 0.3 is 5.97 Å². The highest BCUT2D eigenvalue weighted by atomic mass is 35.5. The molecule has 3 aromatic carbocycles. The predicted octanol–water partition coefficient (Wildman–Crippen LogP) is 4.43. The minimum Gasteiger partial charge on any atom is -0.488 e. The van der Waals surface area contributed by atoms with Crippen LogP contribution in [0.5, 0.6) is 5.75 Å². The molecule has 0 saturated carbocycles. The molecule has 3 rings (SSSR count). The number of carbonyl (C=O) groups excluding carboxylic acids is 1. The molecule has 0 aliphatic heterocycles. The summed E-state index contributed by atoms with van der Waals surface area (Å²) in [6, 6.07) is 18.1. The number of nitrogens with two attached hydrogens (primary N) is 1. The molecule has 0 amide bonds. The molecule has 0 fully saturated rings. The molecule has 0 spiro atoms. The molecule has 0 saturated heterocycles. The summed E-state index contributed by atoms with van der Waals surface area (Å²) in [4.78, 5) is 23.8. The van der Waals surface area contributed by atoms with Crippen LogP contribution in [0.1, 0.15) is 31.8 Å². The zero-order chi connectivity index (χ0) is 19.4. The Balaban J connectivity index is 1.88. The third-order valence-electron chi connectivity index (χ3n) is 3.96. The van der Waals surface area contributed by atoms with Gasteiger partial charge < -0.3 is 15.6 Å². The SMILES string of the molecule is Nc1cc(Cl)cc(OCc2ccc(C(=O)O)cc2)c1C(=O)c1ccccc1. The van der Waals surface area contributed by atoms with Crippen LogP contribution in [0.3, 0.4) is 0 Å². The van der Waals surface area contributed by atoms with Crippen LogP contribution in [-0.4, -0.2) is 16.9 Å². The van der Waals surface area contributed by atoms with Gasteiger partial charge in [-0.3, -0.25) is 4.79 Å². The minimum absolute atomic E-state index is 0.134. The second-order valence-corrected chi connectivity index (χ2v) is 6.29. The lowest BCUT2D eigenvalue weighted by Gasteiger charge is -2.14. The highest BCUT2D eigenvalue weighted by molar-refractivity contribution is 6.31. The summed E-state index contributed by atoms with van der Waals surface area (Å²) in [7, 11) is 0. The average molecular weight is 382 g/mol. The van der Waals surface area contributed by atoms with Crippen LogP contribution in [0, 0.1) is 0 Å². The highest BCUT2D eigenvalue weighted by Crippen LogP contribution is 2.32. The Kier molecular flexibility index (Phi) is 5.43. The maximum absolute atomic E-state index is 12.9. The Morgan fingerprint density at radius 1 is 0.963 bits per heavy atom. The Labute approximate surface area is 161 Å². The number of benzene rings is 3. The van der Waals surface area contributed by atoms with E-state index in [0.29, 0.717) is 10.6 Å². The van der Waals surface area contributed by atoms with E-state index in [2.05, 4.69) is 0 Å². The monoisotopic (exact) mass is 381 g/mol. The number of rotatable bonds is 6. The lowest BCUT2D eigenvalue weighted by atomic mass is 10.0. The van der Waals surface area contributed by atoms with Crippen molar-refractivity contribution in [3.8, 4) is 5.75 Å². The van der Waals surface area contributed by atoms with E-state index in [9.17, 15) is 9.59 Å². The van der Waals surface area contributed by atoms with Crippen molar-refractivity contribution >= 4 is 29.0 Å². The third-order valence-corrected chi connectivity index (χ3v) is 4.17. The molecule has 0 radical (unpaired) electrons. The first-order valence-corrected chi connectivity index (χ1v) is 8.47. The largest absolute Gasteiger partial charge is 0.488 e. The number of carboxylic acids is 1. The van der Waals surface area contributed by atoms with Crippen LogP contribution in [0.25, 0.3) is 0 Å². The Morgan fingerprint density at radius 2 is 1.63 bits per heavy atom. The van der Waals surface area contributed by atoms with Crippen molar-refractivity contribution < 1.29 is 19.4 Å². The van der Waals surface area contributed by atoms with Gasteiger partial charge in [0.05, 0.1) is 11.1 Å².